The van der Waals surface area contributed by atoms with Gasteiger partial charge in [0.1, 0.15) is 12.0 Å². The molecule has 1 aromatic rings. The molecular weight excluding hydrogens is 477 g/mol. The summed E-state index contributed by atoms with van der Waals surface area (Å²) in [5.74, 6) is -1.22. The van der Waals surface area contributed by atoms with Crippen molar-refractivity contribution in [3.8, 4) is 0 Å². The smallest absolute Gasteiger partial charge is 0.227 e. The Morgan fingerprint density at radius 1 is 1.08 bits per heavy atom. The molecule has 0 fully saturated rings. The van der Waals surface area contributed by atoms with Gasteiger partial charge in [0.25, 0.3) is 0 Å². The molecule has 1 aromatic carbocycles. The van der Waals surface area contributed by atoms with Crippen molar-refractivity contribution < 1.29 is 28.2 Å². The molecule has 1 N–H and O–H groups in total. The van der Waals surface area contributed by atoms with Gasteiger partial charge in [0.05, 0.1) is 18.1 Å². The third-order valence-electron chi connectivity index (χ3n) is 6.74. The van der Waals surface area contributed by atoms with Gasteiger partial charge in [-0.05, 0) is 50.3 Å². The van der Waals surface area contributed by atoms with E-state index in [-0.39, 0.29) is 36.2 Å². The quantitative estimate of drug-likeness (QED) is 0.220. The summed E-state index contributed by atoms with van der Waals surface area (Å²) in [5, 5.41) is 2.91. The fourth-order valence-corrected chi connectivity index (χ4v) is 4.50. The third-order valence-corrected chi connectivity index (χ3v) is 6.74. The van der Waals surface area contributed by atoms with Crippen molar-refractivity contribution in [1.29, 1.82) is 0 Å². The van der Waals surface area contributed by atoms with Crippen LogP contribution in [0.4, 0.5) is 4.39 Å². The van der Waals surface area contributed by atoms with Crippen molar-refractivity contribution in [2.45, 2.75) is 84.1 Å². The highest BCUT2D eigenvalue weighted by molar-refractivity contribution is 5.81. The predicted octanol–water partition coefficient (Wildman–Crippen LogP) is 3.77. The highest BCUT2D eigenvalue weighted by Gasteiger charge is 2.33. The van der Waals surface area contributed by atoms with Gasteiger partial charge in [-0.25, -0.2) is 4.39 Å². The van der Waals surface area contributed by atoms with E-state index in [0.29, 0.717) is 25.9 Å². The molecule has 0 radical (unpaired) electrons. The average Bonchev–Trinajstić information content (AvgIpc) is 2.90. The number of rotatable bonds is 19. The second-order valence-corrected chi connectivity index (χ2v) is 9.46. The number of ether oxygens (including phenoxy) is 2. The van der Waals surface area contributed by atoms with Crippen molar-refractivity contribution in [1.82, 2.24) is 15.1 Å². The van der Waals surface area contributed by atoms with Gasteiger partial charge in [-0.15, -0.1) is 0 Å². The fraction of sp³-hybridized carbons (Fsp3) is 0.679. The zero-order valence-electron chi connectivity index (χ0n) is 23.4. The molecule has 0 spiro atoms. The molecule has 3 amide bonds. The number of halogens is 1. The molecule has 9 heteroatoms. The molecule has 0 heterocycles. The molecule has 1 rings (SSSR count). The highest BCUT2D eigenvalue weighted by Crippen LogP contribution is 2.20. The van der Waals surface area contributed by atoms with Crippen molar-refractivity contribution >= 4 is 18.2 Å². The summed E-state index contributed by atoms with van der Waals surface area (Å²) in [7, 11) is 4.83. The predicted molar refractivity (Wildman–Crippen MR) is 142 cm³/mol. The van der Waals surface area contributed by atoms with Crippen molar-refractivity contribution in [2.24, 2.45) is 5.92 Å². The van der Waals surface area contributed by atoms with E-state index >= 15 is 0 Å². The number of unbranched alkanes of at least 4 members (excludes halogenated alkanes) is 1. The van der Waals surface area contributed by atoms with E-state index in [1.54, 1.807) is 43.0 Å². The van der Waals surface area contributed by atoms with Crippen LogP contribution in [0.2, 0.25) is 0 Å². The first-order chi connectivity index (χ1) is 17.7. The standard InChI is InChI=1S/C28H46FN3O5/c1-7-9-19-32(26(34)16-15-25(36-5)24(10-8-2)31(4)20-33)28(37-6)21(3)27(35)30-18-17-22-11-13-23(29)14-12-22/h11-14,20-21,24-25,28H,7-10,15-19H2,1-6H3,(H,30,35)/t21-,24-,25+,28+/m0/s1. The summed E-state index contributed by atoms with van der Waals surface area (Å²) < 4.78 is 24.5. The molecule has 0 saturated carbocycles. The monoisotopic (exact) mass is 523 g/mol. The zero-order chi connectivity index (χ0) is 27.8. The normalized spacial score (nSPS) is 14.4. The van der Waals surface area contributed by atoms with Crippen LogP contribution in [0.15, 0.2) is 24.3 Å². The van der Waals surface area contributed by atoms with Gasteiger partial charge >= 0.3 is 0 Å². The second kappa shape index (κ2) is 17.9. The average molecular weight is 524 g/mol. The van der Waals surface area contributed by atoms with Crippen LogP contribution in [-0.4, -0.2) is 80.8 Å². The SMILES string of the molecule is CCCCN(C(=O)CC[C@@H](OC)[C@H](CCC)N(C)C=O)[C@H](OC)[C@@H](C)C(=O)NCCc1ccc(F)cc1. The van der Waals surface area contributed by atoms with Gasteiger partial charge in [0.2, 0.25) is 18.2 Å². The summed E-state index contributed by atoms with van der Waals surface area (Å²) in [6.07, 6.45) is 4.38. The second-order valence-electron chi connectivity index (χ2n) is 9.46. The van der Waals surface area contributed by atoms with Crippen LogP contribution in [0.3, 0.4) is 0 Å². The van der Waals surface area contributed by atoms with Crippen molar-refractivity contribution in [3.05, 3.63) is 35.6 Å². The molecule has 0 aliphatic carbocycles. The fourth-order valence-electron chi connectivity index (χ4n) is 4.50. The molecular formula is C28H46FN3O5. The third kappa shape index (κ3) is 10.8. The Labute approximate surface area is 221 Å². The van der Waals surface area contributed by atoms with E-state index < -0.39 is 12.1 Å². The Bertz CT molecular complexity index is 808. The molecule has 0 aromatic heterocycles. The van der Waals surface area contributed by atoms with E-state index in [4.69, 9.17) is 9.47 Å². The van der Waals surface area contributed by atoms with Crippen LogP contribution in [-0.2, 0) is 30.3 Å². The molecule has 8 nitrogen and oxygen atoms in total. The Morgan fingerprint density at radius 2 is 1.76 bits per heavy atom. The van der Waals surface area contributed by atoms with E-state index in [9.17, 15) is 18.8 Å². The van der Waals surface area contributed by atoms with E-state index in [2.05, 4.69) is 5.32 Å². The largest absolute Gasteiger partial charge is 0.379 e. The lowest BCUT2D eigenvalue weighted by atomic mass is 9.99. The number of benzene rings is 1. The minimum absolute atomic E-state index is 0.114. The van der Waals surface area contributed by atoms with Gasteiger partial charge in [0, 0.05) is 40.8 Å². The van der Waals surface area contributed by atoms with Gasteiger partial charge in [-0.2, -0.15) is 0 Å². The van der Waals surface area contributed by atoms with Gasteiger partial charge < -0.3 is 24.6 Å². The number of hydrogen-bond donors (Lipinski definition) is 1. The van der Waals surface area contributed by atoms with Crippen LogP contribution in [0, 0.1) is 11.7 Å². The maximum absolute atomic E-state index is 13.4. The molecule has 0 unspecified atom stereocenters. The van der Waals surface area contributed by atoms with Gasteiger partial charge in [-0.3, -0.25) is 14.4 Å². The van der Waals surface area contributed by atoms with E-state index in [1.165, 1.54) is 19.2 Å². The number of hydrogen-bond acceptors (Lipinski definition) is 5. The van der Waals surface area contributed by atoms with Crippen LogP contribution < -0.4 is 5.32 Å². The topological polar surface area (TPSA) is 88.2 Å². The summed E-state index contributed by atoms with van der Waals surface area (Å²) in [5.41, 5.74) is 0.923. The summed E-state index contributed by atoms with van der Waals surface area (Å²) >= 11 is 0. The first kappa shape index (κ1) is 32.5. The lowest BCUT2D eigenvalue weighted by Gasteiger charge is -2.35. The highest BCUT2D eigenvalue weighted by atomic mass is 19.1. The van der Waals surface area contributed by atoms with Crippen LogP contribution in [0.5, 0.6) is 0 Å². The lowest BCUT2D eigenvalue weighted by Crippen LogP contribution is -2.50. The molecule has 0 aliphatic heterocycles. The number of nitrogens with zero attached hydrogens (tertiary/aromatic N) is 2. The number of nitrogens with one attached hydrogen (secondary N) is 1. The lowest BCUT2D eigenvalue weighted by molar-refractivity contribution is -0.154. The molecule has 4 atom stereocenters. The molecule has 0 saturated heterocycles. The van der Waals surface area contributed by atoms with Crippen molar-refractivity contribution in [2.75, 3.05) is 34.4 Å². The maximum atomic E-state index is 13.4. The Balaban J connectivity index is 2.85. The van der Waals surface area contributed by atoms with Crippen LogP contribution >= 0.6 is 0 Å². The van der Waals surface area contributed by atoms with E-state index in [1.807, 2.05) is 13.8 Å². The van der Waals surface area contributed by atoms with Gasteiger partial charge in [-0.1, -0.05) is 38.8 Å². The molecule has 210 valence electrons. The Morgan fingerprint density at radius 3 is 2.30 bits per heavy atom. The number of likely N-dealkylation sites (N-methyl/N-ethyl adjacent to an activating group) is 1. The van der Waals surface area contributed by atoms with Crippen LogP contribution in [0.1, 0.15) is 64.9 Å². The number of amides is 3. The number of carbonyl (C=O) groups is 3. The molecule has 0 aliphatic rings. The Kier molecular flexibility index (Phi) is 15.7. The number of carbonyl (C=O) groups excluding carboxylic acids is 3. The summed E-state index contributed by atoms with van der Waals surface area (Å²) in [6, 6.07) is 6.06. The first-order valence-electron chi connectivity index (χ1n) is 13.3. The van der Waals surface area contributed by atoms with Crippen LogP contribution in [0.25, 0.3) is 0 Å². The zero-order valence-corrected chi connectivity index (χ0v) is 23.4. The Hall–Kier alpha value is -2.52. The summed E-state index contributed by atoms with van der Waals surface area (Å²) in [6.45, 7) is 6.72. The van der Waals surface area contributed by atoms with Crippen molar-refractivity contribution in [3.63, 3.8) is 0 Å². The minimum atomic E-state index is -0.713. The summed E-state index contributed by atoms with van der Waals surface area (Å²) in [4.78, 5) is 40.9. The van der Waals surface area contributed by atoms with Gasteiger partial charge in [0.15, 0.2) is 0 Å². The molecule has 37 heavy (non-hydrogen) atoms. The first-order valence-corrected chi connectivity index (χ1v) is 13.3. The molecule has 0 bridgehead atoms. The maximum Gasteiger partial charge on any atom is 0.227 e. The minimum Gasteiger partial charge on any atom is -0.379 e. The van der Waals surface area contributed by atoms with E-state index in [0.717, 1.165) is 37.7 Å². The number of methoxy groups -OCH3 is 2.